The molecule has 0 aliphatic carbocycles. The zero-order chi connectivity index (χ0) is 25.9. The summed E-state index contributed by atoms with van der Waals surface area (Å²) in [5.41, 5.74) is 1.26. The minimum absolute atomic E-state index is 0.201. The molecule has 3 saturated heterocycles. The molecule has 6 rings (SSSR count). The van der Waals surface area contributed by atoms with Crippen LogP contribution < -0.4 is 24.5 Å². The first-order valence-corrected chi connectivity index (χ1v) is 13.2. The van der Waals surface area contributed by atoms with Gasteiger partial charge in [-0.2, -0.15) is 15.0 Å². The molecule has 4 heterocycles. The Morgan fingerprint density at radius 2 is 0.816 bits per heavy atom. The summed E-state index contributed by atoms with van der Waals surface area (Å²) >= 11 is 0. The Balaban J connectivity index is 1.20. The summed E-state index contributed by atoms with van der Waals surface area (Å²) in [7, 11) is 0. The Bertz CT molecular complexity index is 1160. The molecule has 0 saturated carbocycles. The smallest absolute Gasteiger partial charge is 0.232 e. The zero-order valence-corrected chi connectivity index (χ0v) is 21.3. The van der Waals surface area contributed by atoms with Crippen molar-refractivity contribution in [2.75, 3.05) is 103 Å². The lowest BCUT2D eigenvalue weighted by Crippen LogP contribution is -2.49. The SMILES string of the molecule is Fc1ccccc1N1CCN(c2nc(N3CCOCC3)nc(N3CCN(c4ccccc4F)CC3)n2)CC1. The van der Waals surface area contributed by atoms with Gasteiger partial charge in [0.25, 0.3) is 0 Å². The van der Waals surface area contributed by atoms with Crippen molar-refractivity contribution in [3.63, 3.8) is 0 Å². The summed E-state index contributed by atoms with van der Waals surface area (Å²) in [5, 5.41) is 0. The molecule has 200 valence electrons. The molecule has 3 aliphatic heterocycles. The van der Waals surface area contributed by atoms with E-state index < -0.39 is 0 Å². The minimum atomic E-state index is -0.201. The van der Waals surface area contributed by atoms with Crippen molar-refractivity contribution in [2.24, 2.45) is 0 Å². The Labute approximate surface area is 221 Å². The molecule has 0 bridgehead atoms. The van der Waals surface area contributed by atoms with Crippen LogP contribution in [-0.2, 0) is 4.74 Å². The number of ether oxygens (including phenoxy) is 1. The van der Waals surface area contributed by atoms with Crippen LogP contribution in [0.2, 0.25) is 0 Å². The average molecular weight is 523 g/mol. The number of rotatable bonds is 5. The van der Waals surface area contributed by atoms with Gasteiger partial charge in [-0.15, -0.1) is 0 Å². The Kier molecular flexibility index (Phi) is 7.08. The number of hydrogen-bond acceptors (Lipinski definition) is 9. The normalized spacial score (nSPS) is 18.7. The van der Waals surface area contributed by atoms with Gasteiger partial charge in [-0.1, -0.05) is 24.3 Å². The van der Waals surface area contributed by atoms with Crippen LogP contribution in [0.25, 0.3) is 0 Å². The third-order valence-corrected chi connectivity index (χ3v) is 7.41. The van der Waals surface area contributed by atoms with Crippen molar-refractivity contribution in [1.29, 1.82) is 0 Å². The number of aromatic nitrogens is 3. The molecule has 3 aromatic rings. The Morgan fingerprint density at radius 3 is 1.21 bits per heavy atom. The van der Waals surface area contributed by atoms with Crippen LogP contribution in [0.3, 0.4) is 0 Å². The van der Waals surface area contributed by atoms with Crippen LogP contribution in [0.1, 0.15) is 0 Å². The number of piperazine rings is 2. The quantitative estimate of drug-likeness (QED) is 0.503. The van der Waals surface area contributed by atoms with Gasteiger partial charge in [0, 0.05) is 65.4 Å². The first-order valence-electron chi connectivity index (χ1n) is 13.2. The maximum Gasteiger partial charge on any atom is 0.232 e. The van der Waals surface area contributed by atoms with E-state index in [9.17, 15) is 8.78 Å². The molecule has 11 heteroatoms. The third-order valence-electron chi connectivity index (χ3n) is 7.41. The first-order chi connectivity index (χ1) is 18.7. The summed E-state index contributed by atoms with van der Waals surface area (Å²) in [4.78, 5) is 25.2. The summed E-state index contributed by atoms with van der Waals surface area (Å²) in [6.45, 7) is 8.16. The van der Waals surface area contributed by atoms with Crippen molar-refractivity contribution >= 4 is 29.2 Å². The largest absolute Gasteiger partial charge is 0.378 e. The van der Waals surface area contributed by atoms with Crippen LogP contribution in [0, 0.1) is 11.6 Å². The highest BCUT2D eigenvalue weighted by Gasteiger charge is 2.27. The van der Waals surface area contributed by atoms with Gasteiger partial charge in [0.1, 0.15) is 11.6 Å². The number of morpholine rings is 1. The van der Waals surface area contributed by atoms with Crippen molar-refractivity contribution in [1.82, 2.24) is 15.0 Å². The molecule has 0 radical (unpaired) electrons. The molecule has 38 heavy (non-hydrogen) atoms. The number of hydrogen-bond donors (Lipinski definition) is 0. The van der Waals surface area contributed by atoms with Gasteiger partial charge in [0.2, 0.25) is 17.8 Å². The maximum absolute atomic E-state index is 14.3. The van der Waals surface area contributed by atoms with Gasteiger partial charge in [-0.3, -0.25) is 0 Å². The summed E-state index contributed by atoms with van der Waals surface area (Å²) < 4.78 is 34.2. The second kappa shape index (κ2) is 10.9. The van der Waals surface area contributed by atoms with Gasteiger partial charge in [0.15, 0.2) is 0 Å². The molecule has 3 fully saturated rings. The van der Waals surface area contributed by atoms with E-state index in [0.29, 0.717) is 94.8 Å². The molecule has 0 N–H and O–H groups in total. The van der Waals surface area contributed by atoms with Crippen LogP contribution in [-0.4, -0.2) is 93.6 Å². The van der Waals surface area contributed by atoms with E-state index in [0.717, 1.165) is 13.1 Å². The summed E-state index contributed by atoms with van der Waals surface area (Å²) in [6.07, 6.45) is 0. The second-order valence-electron chi connectivity index (χ2n) is 9.69. The maximum atomic E-state index is 14.3. The fraction of sp³-hybridized carbons (Fsp3) is 0.444. The van der Waals surface area contributed by atoms with Gasteiger partial charge in [0.05, 0.1) is 24.6 Å². The van der Waals surface area contributed by atoms with Gasteiger partial charge in [-0.25, -0.2) is 8.78 Å². The standard InChI is InChI=1S/C27H32F2N8O/c28-21-5-1-3-7-23(21)33-9-13-35(14-10-33)25-30-26(32-27(31-25)37-17-19-38-20-18-37)36-15-11-34(12-16-36)24-8-4-2-6-22(24)29/h1-8H,9-20H2. The zero-order valence-electron chi connectivity index (χ0n) is 21.3. The summed E-state index contributed by atoms with van der Waals surface area (Å²) in [6, 6.07) is 13.8. The van der Waals surface area contributed by atoms with E-state index in [1.807, 2.05) is 24.3 Å². The lowest BCUT2D eigenvalue weighted by atomic mass is 10.2. The predicted octanol–water partition coefficient (Wildman–Crippen LogP) is 2.64. The van der Waals surface area contributed by atoms with Gasteiger partial charge >= 0.3 is 0 Å². The van der Waals surface area contributed by atoms with E-state index >= 15 is 0 Å². The van der Waals surface area contributed by atoms with Crippen molar-refractivity contribution in [3.8, 4) is 0 Å². The second-order valence-corrected chi connectivity index (χ2v) is 9.69. The van der Waals surface area contributed by atoms with E-state index in [1.54, 1.807) is 12.1 Å². The molecule has 2 aromatic carbocycles. The molecule has 1 aromatic heterocycles. The minimum Gasteiger partial charge on any atom is -0.378 e. The predicted molar refractivity (Wildman–Crippen MR) is 145 cm³/mol. The number of halogens is 2. The van der Waals surface area contributed by atoms with Crippen LogP contribution in [0.5, 0.6) is 0 Å². The van der Waals surface area contributed by atoms with Crippen molar-refractivity contribution < 1.29 is 13.5 Å². The lowest BCUT2D eigenvalue weighted by Gasteiger charge is -2.38. The van der Waals surface area contributed by atoms with Gasteiger partial charge in [-0.05, 0) is 24.3 Å². The number of anilines is 5. The fourth-order valence-electron chi connectivity index (χ4n) is 5.24. The average Bonchev–Trinajstić information content (AvgIpc) is 2.98. The van der Waals surface area contributed by atoms with E-state index in [2.05, 4.69) is 24.5 Å². The van der Waals surface area contributed by atoms with Crippen molar-refractivity contribution in [3.05, 3.63) is 60.2 Å². The molecule has 0 unspecified atom stereocenters. The Morgan fingerprint density at radius 1 is 0.474 bits per heavy atom. The number of benzene rings is 2. The Hall–Kier alpha value is -3.73. The lowest BCUT2D eigenvalue weighted by molar-refractivity contribution is 0.122. The van der Waals surface area contributed by atoms with Gasteiger partial charge < -0.3 is 29.2 Å². The highest BCUT2D eigenvalue weighted by atomic mass is 19.1. The highest BCUT2D eigenvalue weighted by molar-refractivity contribution is 5.53. The highest BCUT2D eigenvalue weighted by Crippen LogP contribution is 2.26. The number of para-hydroxylation sites is 2. The molecule has 0 spiro atoms. The molecule has 9 nitrogen and oxygen atoms in total. The summed E-state index contributed by atoms with van der Waals surface area (Å²) in [5.74, 6) is 1.53. The van der Waals surface area contributed by atoms with E-state index in [1.165, 1.54) is 12.1 Å². The van der Waals surface area contributed by atoms with E-state index in [4.69, 9.17) is 19.7 Å². The van der Waals surface area contributed by atoms with Crippen molar-refractivity contribution in [2.45, 2.75) is 0 Å². The van der Waals surface area contributed by atoms with Crippen LogP contribution in [0.4, 0.5) is 38.0 Å². The number of nitrogens with zero attached hydrogens (tertiary/aromatic N) is 8. The molecular weight excluding hydrogens is 490 g/mol. The monoisotopic (exact) mass is 522 g/mol. The first kappa shape index (κ1) is 24.6. The molecule has 0 atom stereocenters. The van der Waals surface area contributed by atoms with Crippen LogP contribution in [0.15, 0.2) is 48.5 Å². The molecular formula is C27H32F2N8O. The van der Waals surface area contributed by atoms with Crippen LogP contribution >= 0.6 is 0 Å². The third kappa shape index (κ3) is 5.15. The molecule has 3 aliphatic rings. The van der Waals surface area contributed by atoms with E-state index in [-0.39, 0.29) is 11.6 Å². The fourth-order valence-corrected chi connectivity index (χ4v) is 5.24. The molecule has 0 amide bonds. The topological polar surface area (TPSA) is 64.1 Å².